The van der Waals surface area contributed by atoms with E-state index in [0.29, 0.717) is 12.1 Å². The largest absolute Gasteiger partial charge is 0.433 e. The van der Waals surface area contributed by atoms with Gasteiger partial charge in [-0.2, -0.15) is 30.6 Å². The van der Waals surface area contributed by atoms with Crippen LogP contribution in [0.25, 0.3) is 0 Å². The number of halogens is 6. The summed E-state index contributed by atoms with van der Waals surface area (Å²) in [5.74, 6) is -0.175. The van der Waals surface area contributed by atoms with E-state index in [2.05, 4.69) is 9.97 Å². The Morgan fingerprint density at radius 1 is 0.828 bits per heavy atom. The Hall–Kier alpha value is -2.41. The molecular weight excluding hydrogens is 426 g/mol. The van der Waals surface area contributed by atoms with E-state index >= 15 is 0 Å². The van der Waals surface area contributed by atoms with Crippen molar-refractivity contribution in [3.05, 3.63) is 47.8 Å². The Morgan fingerprint density at radius 2 is 1.41 bits per heavy atom. The first-order valence-electron chi connectivity index (χ1n) is 8.21. The van der Waals surface area contributed by atoms with Crippen molar-refractivity contribution in [1.29, 1.82) is 0 Å². The lowest BCUT2D eigenvalue weighted by molar-refractivity contribution is -0.141. The molecule has 0 radical (unpaired) electrons. The van der Waals surface area contributed by atoms with E-state index in [1.54, 1.807) is 0 Å². The van der Waals surface area contributed by atoms with Crippen LogP contribution in [0.3, 0.4) is 0 Å². The first-order chi connectivity index (χ1) is 13.4. The molecule has 0 aliphatic carbocycles. The number of benzene rings is 1. The molecule has 0 bridgehead atoms. The number of rotatable bonds is 3. The van der Waals surface area contributed by atoms with Crippen LogP contribution in [-0.4, -0.2) is 48.9 Å². The molecule has 1 aliphatic heterocycles. The molecular formula is C16H14F6N4O2S. The molecule has 0 amide bonds. The van der Waals surface area contributed by atoms with Gasteiger partial charge in [-0.1, -0.05) is 0 Å². The number of sulfonamides is 1. The minimum Gasteiger partial charge on any atom is -0.338 e. The lowest BCUT2D eigenvalue weighted by Gasteiger charge is -2.34. The van der Waals surface area contributed by atoms with Crippen LogP contribution in [0.1, 0.15) is 11.3 Å². The summed E-state index contributed by atoms with van der Waals surface area (Å²) in [7, 11) is -4.04. The molecule has 0 N–H and O–H groups in total. The standard InChI is InChI=1S/C16H14F6N4O2S/c17-15(18,19)11-1-3-12(4-2-11)29(27,28)26-9-7-25(8-10-26)14-23-6-5-13(24-14)16(20,21)22/h1-6H,7-10H2. The maximum atomic E-state index is 12.8. The smallest absolute Gasteiger partial charge is 0.338 e. The zero-order valence-electron chi connectivity index (χ0n) is 14.6. The van der Waals surface area contributed by atoms with Crippen LogP contribution in [-0.2, 0) is 22.4 Å². The summed E-state index contributed by atoms with van der Waals surface area (Å²) >= 11 is 0. The summed E-state index contributed by atoms with van der Waals surface area (Å²) in [6.45, 7) is -0.103. The molecule has 0 atom stereocenters. The Kier molecular flexibility index (Phi) is 5.47. The summed E-state index contributed by atoms with van der Waals surface area (Å²) in [4.78, 5) is 8.37. The van der Waals surface area contributed by atoms with Crippen molar-refractivity contribution >= 4 is 16.0 Å². The van der Waals surface area contributed by atoms with Crippen LogP contribution in [0.2, 0.25) is 0 Å². The number of hydrogen-bond acceptors (Lipinski definition) is 5. The van der Waals surface area contributed by atoms with Crippen molar-refractivity contribution in [3.63, 3.8) is 0 Å². The van der Waals surface area contributed by atoms with E-state index in [4.69, 9.17) is 0 Å². The molecule has 1 fully saturated rings. The van der Waals surface area contributed by atoms with Gasteiger partial charge in [0.05, 0.1) is 10.5 Å². The molecule has 0 saturated carbocycles. The molecule has 0 unspecified atom stereocenters. The number of anilines is 1. The van der Waals surface area contributed by atoms with Crippen molar-refractivity contribution < 1.29 is 34.8 Å². The van der Waals surface area contributed by atoms with E-state index in [9.17, 15) is 34.8 Å². The SMILES string of the molecule is O=S(=O)(c1ccc(C(F)(F)F)cc1)N1CCN(c2nccc(C(F)(F)F)n2)CC1. The minimum absolute atomic E-state index is 0.0289. The second kappa shape index (κ2) is 7.44. The molecule has 1 aromatic carbocycles. The van der Waals surface area contributed by atoms with E-state index < -0.39 is 33.6 Å². The first kappa shape index (κ1) is 21.3. The Bertz CT molecular complexity index is 968. The van der Waals surface area contributed by atoms with Gasteiger partial charge < -0.3 is 4.90 Å². The molecule has 6 nitrogen and oxygen atoms in total. The second-order valence-corrected chi connectivity index (χ2v) is 8.09. The van der Waals surface area contributed by atoms with Crippen molar-refractivity contribution in [2.24, 2.45) is 0 Å². The third-order valence-corrected chi connectivity index (χ3v) is 6.19. The summed E-state index contributed by atoms with van der Waals surface area (Å²) in [5.41, 5.74) is -2.08. The number of hydrogen-bond donors (Lipinski definition) is 0. The van der Waals surface area contributed by atoms with Crippen LogP contribution in [0.15, 0.2) is 41.4 Å². The Morgan fingerprint density at radius 3 is 1.93 bits per heavy atom. The van der Waals surface area contributed by atoms with Gasteiger partial charge in [0, 0.05) is 32.4 Å². The van der Waals surface area contributed by atoms with E-state index in [0.717, 1.165) is 28.7 Å². The van der Waals surface area contributed by atoms with Gasteiger partial charge >= 0.3 is 12.4 Å². The molecule has 13 heteroatoms. The predicted molar refractivity (Wildman–Crippen MR) is 89.4 cm³/mol. The monoisotopic (exact) mass is 440 g/mol. The highest BCUT2D eigenvalue weighted by atomic mass is 32.2. The molecule has 158 valence electrons. The molecule has 1 saturated heterocycles. The van der Waals surface area contributed by atoms with Crippen molar-refractivity contribution in [2.45, 2.75) is 17.2 Å². The van der Waals surface area contributed by atoms with Crippen molar-refractivity contribution in [3.8, 4) is 0 Å². The Balaban J connectivity index is 1.72. The average molecular weight is 440 g/mol. The van der Waals surface area contributed by atoms with Gasteiger partial charge in [-0.25, -0.2) is 18.4 Å². The van der Waals surface area contributed by atoms with E-state index in [1.807, 2.05) is 0 Å². The van der Waals surface area contributed by atoms with Crippen LogP contribution >= 0.6 is 0 Å². The maximum Gasteiger partial charge on any atom is 0.433 e. The lowest BCUT2D eigenvalue weighted by atomic mass is 10.2. The fourth-order valence-electron chi connectivity index (χ4n) is 2.75. The molecule has 2 heterocycles. The van der Waals surface area contributed by atoms with Crippen LogP contribution in [0.5, 0.6) is 0 Å². The molecule has 0 spiro atoms. The number of nitrogens with zero attached hydrogens (tertiary/aromatic N) is 4. The fraction of sp³-hybridized carbons (Fsp3) is 0.375. The quantitative estimate of drug-likeness (QED) is 0.687. The van der Waals surface area contributed by atoms with E-state index in [-0.39, 0.29) is 37.0 Å². The van der Waals surface area contributed by atoms with Gasteiger partial charge in [0.1, 0.15) is 5.69 Å². The highest BCUT2D eigenvalue weighted by Crippen LogP contribution is 2.31. The molecule has 29 heavy (non-hydrogen) atoms. The minimum atomic E-state index is -4.63. The Labute approximate surface area is 161 Å². The fourth-order valence-corrected chi connectivity index (χ4v) is 4.17. The summed E-state index contributed by atoms with van der Waals surface area (Å²) in [6.07, 6.45) is -8.25. The lowest BCUT2D eigenvalue weighted by Crippen LogP contribution is -2.49. The van der Waals surface area contributed by atoms with Gasteiger partial charge in [-0.15, -0.1) is 0 Å². The van der Waals surface area contributed by atoms with Gasteiger partial charge in [0.2, 0.25) is 16.0 Å². The van der Waals surface area contributed by atoms with Crippen LogP contribution < -0.4 is 4.90 Å². The first-order valence-corrected chi connectivity index (χ1v) is 9.65. The molecule has 1 aromatic heterocycles. The topological polar surface area (TPSA) is 66.4 Å². The second-order valence-electron chi connectivity index (χ2n) is 6.15. The van der Waals surface area contributed by atoms with Crippen LogP contribution in [0.4, 0.5) is 32.3 Å². The summed E-state index contributed by atoms with van der Waals surface area (Å²) in [6, 6.07) is 3.84. The highest BCUT2D eigenvalue weighted by Gasteiger charge is 2.35. The van der Waals surface area contributed by atoms with Gasteiger partial charge in [0.15, 0.2) is 0 Å². The van der Waals surface area contributed by atoms with Gasteiger partial charge in [0.25, 0.3) is 0 Å². The number of alkyl halides is 6. The van der Waals surface area contributed by atoms with E-state index in [1.165, 1.54) is 4.90 Å². The van der Waals surface area contributed by atoms with Crippen molar-refractivity contribution in [2.75, 3.05) is 31.1 Å². The third kappa shape index (κ3) is 4.61. The normalized spacial score (nSPS) is 16.8. The number of aromatic nitrogens is 2. The van der Waals surface area contributed by atoms with Crippen LogP contribution in [0, 0.1) is 0 Å². The highest BCUT2D eigenvalue weighted by molar-refractivity contribution is 7.89. The summed E-state index contributed by atoms with van der Waals surface area (Å²) < 4.78 is 103. The average Bonchev–Trinajstić information content (AvgIpc) is 2.67. The van der Waals surface area contributed by atoms with Gasteiger partial charge in [-0.05, 0) is 30.3 Å². The molecule has 3 rings (SSSR count). The molecule has 1 aliphatic rings. The number of piperazine rings is 1. The summed E-state index contributed by atoms with van der Waals surface area (Å²) in [5, 5.41) is 0. The zero-order chi connectivity index (χ0) is 21.4. The zero-order valence-corrected chi connectivity index (χ0v) is 15.4. The molecule has 2 aromatic rings. The maximum absolute atomic E-state index is 12.8. The predicted octanol–water partition coefficient (Wildman–Crippen LogP) is 3.03. The van der Waals surface area contributed by atoms with Gasteiger partial charge in [-0.3, -0.25) is 0 Å². The van der Waals surface area contributed by atoms with Crippen molar-refractivity contribution in [1.82, 2.24) is 14.3 Å². The third-order valence-electron chi connectivity index (χ3n) is 4.27.